The molecule has 0 aromatic carbocycles. The van der Waals surface area contributed by atoms with Crippen LogP contribution in [0.15, 0.2) is 11.6 Å². The molecule has 1 aliphatic carbocycles. The van der Waals surface area contributed by atoms with Crippen LogP contribution in [0.3, 0.4) is 0 Å². The first kappa shape index (κ1) is 9.83. The van der Waals surface area contributed by atoms with Gasteiger partial charge in [0.15, 0.2) is 0 Å². The van der Waals surface area contributed by atoms with Crippen LogP contribution in [-0.2, 0) is 0 Å². The van der Waals surface area contributed by atoms with Crippen molar-refractivity contribution in [1.29, 1.82) is 0 Å². The van der Waals surface area contributed by atoms with Gasteiger partial charge in [-0.05, 0) is 43.9 Å². The molecule has 0 saturated carbocycles. The van der Waals surface area contributed by atoms with Gasteiger partial charge in [-0.25, -0.2) is 0 Å². The van der Waals surface area contributed by atoms with Crippen molar-refractivity contribution in [2.24, 2.45) is 11.8 Å². The molecule has 0 saturated heterocycles. The zero-order valence-electron chi connectivity index (χ0n) is 8.77. The Kier molecular flexibility index (Phi) is 3.84. The smallest absolute Gasteiger partial charge is 0.0292 e. The first-order chi connectivity index (χ1) is 5.70. The Balaban J connectivity index is 2.34. The van der Waals surface area contributed by atoms with Gasteiger partial charge in [0.2, 0.25) is 0 Å². The van der Waals surface area contributed by atoms with Crippen molar-refractivity contribution in [2.75, 3.05) is 0 Å². The van der Waals surface area contributed by atoms with Crippen LogP contribution in [0.25, 0.3) is 0 Å². The Labute approximate surface area is 77.1 Å². The summed E-state index contributed by atoms with van der Waals surface area (Å²) in [7, 11) is 0. The fourth-order valence-electron chi connectivity index (χ4n) is 1.74. The highest BCUT2D eigenvalue weighted by atomic mass is 14.2. The summed E-state index contributed by atoms with van der Waals surface area (Å²) in [6, 6.07) is 0. The van der Waals surface area contributed by atoms with E-state index in [1.54, 1.807) is 5.57 Å². The van der Waals surface area contributed by atoms with E-state index in [0.717, 1.165) is 11.8 Å². The van der Waals surface area contributed by atoms with E-state index in [-0.39, 0.29) is 0 Å². The van der Waals surface area contributed by atoms with Crippen molar-refractivity contribution in [2.45, 2.75) is 52.9 Å². The van der Waals surface area contributed by atoms with Crippen molar-refractivity contribution in [3.63, 3.8) is 0 Å². The molecule has 70 valence electrons. The van der Waals surface area contributed by atoms with Crippen molar-refractivity contribution in [3.05, 3.63) is 11.6 Å². The third kappa shape index (κ3) is 3.00. The van der Waals surface area contributed by atoms with Crippen LogP contribution >= 0.6 is 0 Å². The van der Waals surface area contributed by atoms with E-state index in [4.69, 9.17) is 0 Å². The molecule has 0 nitrogen and oxygen atoms in total. The zero-order valence-corrected chi connectivity index (χ0v) is 8.77. The maximum absolute atomic E-state index is 2.47. The molecule has 0 heteroatoms. The third-order valence-corrected chi connectivity index (χ3v) is 3.11. The maximum atomic E-state index is 2.47. The molecule has 0 N–H and O–H groups in total. The van der Waals surface area contributed by atoms with Crippen LogP contribution in [0.1, 0.15) is 52.9 Å². The van der Waals surface area contributed by atoms with E-state index in [1.807, 2.05) is 0 Å². The van der Waals surface area contributed by atoms with E-state index >= 15 is 0 Å². The third-order valence-electron chi connectivity index (χ3n) is 3.11. The molecule has 0 bridgehead atoms. The second-order valence-electron chi connectivity index (χ2n) is 4.53. The minimum absolute atomic E-state index is 0.841. The van der Waals surface area contributed by atoms with Gasteiger partial charge in [-0.2, -0.15) is 0 Å². The van der Waals surface area contributed by atoms with Crippen LogP contribution in [-0.4, -0.2) is 0 Å². The van der Waals surface area contributed by atoms with Gasteiger partial charge >= 0.3 is 0 Å². The van der Waals surface area contributed by atoms with Crippen molar-refractivity contribution in [3.8, 4) is 0 Å². The summed E-state index contributed by atoms with van der Waals surface area (Å²) in [6.45, 7) is 7.03. The molecule has 12 heavy (non-hydrogen) atoms. The molecule has 0 aliphatic heterocycles. The summed E-state index contributed by atoms with van der Waals surface area (Å²) in [5.74, 6) is 1.71. The Morgan fingerprint density at radius 3 is 2.50 bits per heavy atom. The Morgan fingerprint density at radius 1 is 1.25 bits per heavy atom. The second-order valence-corrected chi connectivity index (χ2v) is 4.53. The average molecular weight is 166 g/mol. The highest BCUT2D eigenvalue weighted by molar-refractivity contribution is 5.05. The normalized spacial score (nSPS) is 20.8. The van der Waals surface area contributed by atoms with Gasteiger partial charge in [-0.15, -0.1) is 0 Å². The number of hydrogen-bond donors (Lipinski definition) is 0. The lowest BCUT2D eigenvalue weighted by Gasteiger charge is -2.19. The quantitative estimate of drug-likeness (QED) is 0.552. The van der Waals surface area contributed by atoms with Crippen LogP contribution in [0.5, 0.6) is 0 Å². The Morgan fingerprint density at radius 2 is 2.00 bits per heavy atom. The average Bonchev–Trinajstić information content (AvgIpc) is 2.06. The first-order valence-electron chi connectivity index (χ1n) is 5.38. The summed E-state index contributed by atoms with van der Waals surface area (Å²) >= 11 is 0. The molecule has 0 radical (unpaired) electrons. The van der Waals surface area contributed by atoms with Gasteiger partial charge in [0.05, 0.1) is 0 Å². The fraction of sp³-hybridized carbons (Fsp3) is 0.833. The zero-order chi connectivity index (χ0) is 8.97. The first-order valence-corrected chi connectivity index (χ1v) is 5.38. The molecule has 0 spiro atoms. The topological polar surface area (TPSA) is 0 Å². The van der Waals surface area contributed by atoms with Gasteiger partial charge in [0.25, 0.3) is 0 Å². The molecule has 0 heterocycles. The summed E-state index contributed by atoms with van der Waals surface area (Å²) < 4.78 is 0. The molecular formula is C12H22. The summed E-state index contributed by atoms with van der Waals surface area (Å²) in [6.07, 6.45) is 9.37. The maximum Gasteiger partial charge on any atom is -0.0292 e. The van der Waals surface area contributed by atoms with E-state index in [1.165, 1.54) is 32.1 Å². The predicted molar refractivity (Wildman–Crippen MR) is 55.2 cm³/mol. The number of rotatable bonds is 3. The van der Waals surface area contributed by atoms with Gasteiger partial charge in [-0.3, -0.25) is 0 Å². The summed E-state index contributed by atoms with van der Waals surface area (Å²) in [4.78, 5) is 0. The lowest BCUT2D eigenvalue weighted by Crippen LogP contribution is -2.06. The fourth-order valence-corrected chi connectivity index (χ4v) is 1.74. The molecule has 0 amide bonds. The molecule has 0 aromatic rings. The van der Waals surface area contributed by atoms with Crippen LogP contribution in [0.4, 0.5) is 0 Å². The molecule has 1 atom stereocenters. The van der Waals surface area contributed by atoms with E-state index in [2.05, 4.69) is 26.8 Å². The number of hydrogen-bond acceptors (Lipinski definition) is 0. The van der Waals surface area contributed by atoms with Crippen LogP contribution in [0.2, 0.25) is 0 Å². The van der Waals surface area contributed by atoms with Crippen LogP contribution in [0, 0.1) is 11.8 Å². The highest BCUT2D eigenvalue weighted by Crippen LogP contribution is 2.26. The van der Waals surface area contributed by atoms with Gasteiger partial charge in [0.1, 0.15) is 0 Å². The summed E-state index contributed by atoms with van der Waals surface area (Å²) in [5, 5.41) is 0. The molecule has 1 aliphatic rings. The largest absolute Gasteiger partial charge is 0.0853 e. The van der Waals surface area contributed by atoms with Gasteiger partial charge in [0, 0.05) is 0 Å². The van der Waals surface area contributed by atoms with Gasteiger partial charge < -0.3 is 0 Å². The molecular weight excluding hydrogens is 144 g/mol. The van der Waals surface area contributed by atoms with E-state index < -0.39 is 0 Å². The summed E-state index contributed by atoms with van der Waals surface area (Å²) in [5.41, 5.74) is 1.72. The molecule has 0 aromatic heterocycles. The second kappa shape index (κ2) is 4.69. The van der Waals surface area contributed by atoms with Gasteiger partial charge in [-0.1, -0.05) is 32.4 Å². The van der Waals surface area contributed by atoms with E-state index in [9.17, 15) is 0 Å². The monoisotopic (exact) mass is 166 g/mol. The van der Waals surface area contributed by atoms with E-state index in [0.29, 0.717) is 0 Å². The lowest BCUT2D eigenvalue weighted by atomic mass is 9.87. The number of allylic oxidation sites excluding steroid dienone is 2. The molecule has 1 unspecified atom stereocenters. The Hall–Kier alpha value is -0.260. The predicted octanol–water partition coefficient (Wildman–Crippen LogP) is 4.17. The standard InChI is InChI=1S/C12H22/c1-10(2)11(3)9-12-7-5-4-6-8-12/h7,10-11H,4-6,8-9H2,1-3H3. The SMILES string of the molecule is CC(C)C(C)CC1=CCCCC1. The molecule has 1 rings (SSSR count). The minimum atomic E-state index is 0.841. The highest BCUT2D eigenvalue weighted by Gasteiger charge is 2.11. The van der Waals surface area contributed by atoms with Crippen molar-refractivity contribution < 1.29 is 0 Å². The minimum Gasteiger partial charge on any atom is -0.0853 e. The Bertz CT molecular complexity index is 153. The molecule has 0 fully saturated rings. The van der Waals surface area contributed by atoms with Crippen LogP contribution < -0.4 is 0 Å². The van der Waals surface area contributed by atoms with Crippen molar-refractivity contribution >= 4 is 0 Å². The lowest BCUT2D eigenvalue weighted by molar-refractivity contribution is 0.408. The van der Waals surface area contributed by atoms with Crippen molar-refractivity contribution in [1.82, 2.24) is 0 Å².